The van der Waals surface area contributed by atoms with E-state index in [9.17, 15) is 17.6 Å². The number of benzene rings is 2. The van der Waals surface area contributed by atoms with Crippen LogP contribution < -0.4 is 18.7 Å². The number of fused-ring (bicyclic) bond motifs is 1. The van der Waals surface area contributed by atoms with Gasteiger partial charge in [-0.2, -0.15) is 9.29 Å². The summed E-state index contributed by atoms with van der Waals surface area (Å²) in [5.41, 5.74) is 0.125. The standard InChI is InChI=1S/C21H17ClFN3O5S/c1-30-19-10-13(11-20(24-19)31-2)26-21(27)25(12-14-15(22)6-5-7-16(14)23)17-8-3-4-9-18(17)32(26,28)29/h3-11H,12H2,1-2H3. The van der Waals surface area contributed by atoms with Gasteiger partial charge in [-0.05, 0) is 24.3 Å². The molecule has 1 aromatic heterocycles. The van der Waals surface area contributed by atoms with Gasteiger partial charge in [0.15, 0.2) is 0 Å². The van der Waals surface area contributed by atoms with E-state index in [-0.39, 0.29) is 45.2 Å². The summed E-state index contributed by atoms with van der Waals surface area (Å²) in [6.07, 6.45) is 0. The van der Waals surface area contributed by atoms with Crippen molar-refractivity contribution in [2.75, 3.05) is 23.4 Å². The van der Waals surface area contributed by atoms with Crippen LogP contribution in [0.3, 0.4) is 0 Å². The highest BCUT2D eigenvalue weighted by Gasteiger charge is 2.43. The van der Waals surface area contributed by atoms with Crippen molar-refractivity contribution in [3.05, 3.63) is 71.0 Å². The molecule has 0 fully saturated rings. The number of amides is 2. The second kappa shape index (κ2) is 8.29. The Balaban J connectivity index is 1.91. The van der Waals surface area contributed by atoms with Crippen LogP contribution in [0.2, 0.25) is 5.02 Å². The molecule has 0 atom stereocenters. The van der Waals surface area contributed by atoms with Gasteiger partial charge in [-0.25, -0.2) is 17.6 Å². The highest BCUT2D eigenvalue weighted by molar-refractivity contribution is 7.94. The Morgan fingerprint density at radius 1 is 1.03 bits per heavy atom. The molecule has 32 heavy (non-hydrogen) atoms. The minimum Gasteiger partial charge on any atom is -0.481 e. The smallest absolute Gasteiger partial charge is 0.343 e. The lowest BCUT2D eigenvalue weighted by molar-refractivity contribution is 0.253. The molecule has 2 aromatic carbocycles. The van der Waals surface area contributed by atoms with Gasteiger partial charge in [-0.15, -0.1) is 0 Å². The van der Waals surface area contributed by atoms with E-state index in [4.69, 9.17) is 21.1 Å². The largest absolute Gasteiger partial charge is 0.481 e. The van der Waals surface area contributed by atoms with Crippen LogP contribution in [0, 0.1) is 5.82 Å². The monoisotopic (exact) mass is 477 g/mol. The molecular formula is C21H17ClFN3O5S. The first-order chi connectivity index (χ1) is 15.3. The maximum absolute atomic E-state index is 14.5. The Morgan fingerprint density at radius 2 is 1.69 bits per heavy atom. The summed E-state index contributed by atoms with van der Waals surface area (Å²) in [4.78, 5) is 18.6. The summed E-state index contributed by atoms with van der Waals surface area (Å²) in [5.74, 6) is -0.523. The van der Waals surface area contributed by atoms with Crippen molar-refractivity contribution in [3.8, 4) is 11.8 Å². The Kier molecular flexibility index (Phi) is 5.66. The van der Waals surface area contributed by atoms with E-state index in [1.54, 1.807) is 6.07 Å². The van der Waals surface area contributed by atoms with Crippen molar-refractivity contribution in [3.63, 3.8) is 0 Å². The van der Waals surface area contributed by atoms with Gasteiger partial charge in [0.05, 0.1) is 32.1 Å². The third-order valence-electron chi connectivity index (χ3n) is 4.87. The highest BCUT2D eigenvalue weighted by Crippen LogP contribution is 2.40. The van der Waals surface area contributed by atoms with Crippen molar-refractivity contribution >= 4 is 39.0 Å². The number of urea groups is 1. The molecule has 0 spiro atoms. The summed E-state index contributed by atoms with van der Waals surface area (Å²) in [6.45, 7) is -0.285. The molecule has 0 bridgehead atoms. The molecule has 0 N–H and O–H groups in total. The summed E-state index contributed by atoms with van der Waals surface area (Å²) in [5, 5.41) is 0.113. The average Bonchev–Trinajstić information content (AvgIpc) is 2.78. The van der Waals surface area contributed by atoms with Crippen LogP contribution in [0.25, 0.3) is 0 Å². The fourth-order valence-electron chi connectivity index (χ4n) is 3.35. The minimum absolute atomic E-state index is 0.0437. The number of aromatic nitrogens is 1. The van der Waals surface area contributed by atoms with Crippen molar-refractivity contribution in [2.24, 2.45) is 0 Å². The lowest BCUT2D eigenvalue weighted by atomic mass is 10.2. The van der Waals surface area contributed by atoms with Gasteiger partial charge in [0.1, 0.15) is 10.7 Å². The first kappa shape index (κ1) is 21.8. The van der Waals surface area contributed by atoms with Gasteiger partial charge in [0, 0.05) is 22.7 Å². The molecule has 2 heterocycles. The van der Waals surface area contributed by atoms with E-state index < -0.39 is 21.9 Å². The van der Waals surface area contributed by atoms with Crippen LogP contribution in [-0.4, -0.2) is 33.7 Å². The number of nitrogens with zero attached hydrogens (tertiary/aromatic N) is 3. The second-order valence-corrected chi connectivity index (χ2v) is 8.88. The Bertz CT molecular complexity index is 1280. The first-order valence-corrected chi connectivity index (χ1v) is 11.1. The van der Waals surface area contributed by atoms with Crippen LogP contribution in [-0.2, 0) is 16.6 Å². The molecule has 11 heteroatoms. The van der Waals surface area contributed by atoms with Crippen molar-refractivity contribution in [1.29, 1.82) is 0 Å². The van der Waals surface area contributed by atoms with E-state index in [1.807, 2.05) is 0 Å². The molecule has 1 aliphatic heterocycles. The van der Waals surface area contributed by atoms with Gasteiger partial charge in [-0.1, -0.05) is 29.8 Å². The predicted molar refractivity (Wildman–Crippen MR) is 116 cm³/mol. The number of carbonyl (C=O) groups excluding carboxylic acids is 1. The first-order valence-electron chi connectivity index (χ1n) is 9.26. The van der Waals surface area contributed by atoms with Gasteiger partial charge < -0.3 is 9.47 Å². The Morgan fingerprint density at radius 3 is 2.31 bits per heavy atom. The number of hydrogen-bond acceptors (Lipinski definition) is 6. The van der Waals surface area contributed by atoms with E-state index >= 15 is 0 Å². The Labute approximate surface area is 188 Å². The van der Waals surface area contributed by atoms with Crippen LogP contribution in [0.1, 0.15) is 5.56 Å². The molecule has 1 aliphatic rings. The molecule has 0 unspecified atom stereocenters. The molecule has 4 rings (SSSR count). The number of anilines is 2. The SMILES string of the molecule is COc1cc(N2C(=O)N(Cc3c(F)cccc3Cl)c3ccccc3S2(=O)=O)cc(OC)n1. The van der Waals surface area contributed by atoms with Gasteiger partial charge in [0.2, 0.25) is 11.8 Å². The maximum atomic E-state index is 14.5. The molecule has 0 radical (unpaired) electrons. The number of halogens is 2. The number of carbonyl (C=O) groups is 1. The zero-order valence-corrected chi connectivity index (χ0v) is 18.5. The van der Waals surface area contributed by atoms with E-state index in [1.165, 1.54) is 62.8 Å². The number of sulfonamides is 1. The predicted octanol–water partition coefficient (Wildman–Crippen LogP) is 4.23. The fraction of sp³-hybridized carbons (Fsp3) is 0.143. The number of rotatable bonds is 5. The number of hydrogen-bond donors (Lipinski definition) is 0. The van der Waals surface area contributed by atoms with Gasteiger partial charge in [-0.3, -0.25) is 4.90 Å². The number of ether oxygens (including phenoxy) is 2. The fourth-order valence-corrected chi connectivity index (χ4v) is 5.15. The molecular weight excluding hydrogens is 461 g/mol. The van der Waals surface area contributed by atoms with Crippen LogP contribution >= 0.6 is 11.6 Å². The van der Waals surface area contributed by atoms with Crippen LogP contribution in [0.15, 0.2) is 59.5 Å². The molecule has 166 valence electrons. The minimum atomic E-state index is -4.30. The lowest BCUT2D eigenvalue weighted by Crippen LogP contribution is -2.50. The number of methoxy groups -OCH3 is 2. The molecule has 2 amide bonds. The quantitative estimate of drug-likeness (QED) is 0.546. The average molecular weight is 478 g/mol. The van der Waals surface area contributed by atoms with Gasteiger partial charge >= 0.3 is 6.03 Å². The molecule has 0 saturated carbocycles. The second-order valence-electron chi connectivity index (χ2n) is 6.72. The third-order valence-corrected chi connectivity index (χ3v) is 6.98. The zero-order chi connectivity index (χ0) is 23.0. The normalized spacial score (nSPS) is 14.8. The molecule has 3 aromatic rings. The van der Waals surface area contributed by atoms with E-state index in [0.717, 1.165) is 4.90 Å². The van der Waals surface area contributed by atoms with Crippen LogP contribution in [0.5, 0.6) is 11.8 Å². The van der Waals surface area contributed by atoms with E-state index in [0.29, 0.717) is 4.31 Å². The molecule has 0 saturated heterocycles. The summed E-state index contributed by atoms with van der Waals surface area (Å²) in [7, 11) is -1.61. The lowest BCUT2D eigenvalue weighted by Gasteiger charge is -2.36. The van der Waals surface area contributed by atoms with Gasteiger partial charge in [0.25, 0.3) is 10.0 Å². The third kappa shape index (κ3) is 3.61. The van der Waals surface area contributed by atoms with Crippen molar-refractivity contribution in [2.45, 2.75) is 11.4 Å². The summed E-state index contributed by atoms with van der Waals surface area (Å²) < 4.78 is 52.2. The molecule has 0 aliphatic carbocycles. The maximum Gasteiger partial charge on any atom is 0.343 e. The Hall–Kier alpha value is -3.37. The van der Waals surface area contributed by atoms with Crippen molar-refractivity contribution < 1.29 is 27.1 Å². The topological polar surface area (TPSA) is 89.0 Å². The number of pyridine rings is 1. The summed E-state index contributed by atoms with van der Waals surface area (Å²) in [6, 6.07) is 11.8. The zero-order valence-electron chi connectivity index (χ0n) is 17.0. The van der Waals surface area contributed by atoms with Crippen molar-refractivity contribution in [1.82, 2.24) is 4.98 Å². The highest BCUT2D eigenvalue weighted by atomic mass is 35.5. The molecule has 8 nitrogen and oxygen atoms in total. The van der Waals surface area contributed by atoms with E-state index in [2.05, 4.69) is 4.98 Å². The summed E-state index contributed by atoms with van der Waals surface area (Å²) >= 11 is 6.16. The van der Waals surface area contributed by atoms with Crippen LogP contribution in [0.4, 0.5) is 20.6 Å². The number of para-hydroxylation sites is 1.